The topological polar surface area (TPSA) is 56.2 Å². The molecule has 1 heterocycles. The predicted molar refractivity (Wildman–Crippen MR) is 121 cm³/mol. The highest BCUT2D eigenvalue weighted by Crippen LogP contribution is 2.40. The number of halogens is 3. The summed E-state index contributed by atoms with van der Waals surface area (Å²) in [5, 5.41) is 3.07. The third kappa shape index (κ3) is 4.80. The average Bonchev–Trinajstić information content (AvgIpc) is 3.40. The van der Waals surface area contributed by atoms with Crippen molar-refractivity contribution in [1.29, 1.82) is 0 Å². The zero-order chi connectivity index (χ0) is 23.7. The van der Waals surface area contributed by atoms with Crippen molar-refractivity contribution in [2.75, 3.05) is 0 Å². The van der Waals surface area contributed by atoms with Crippen molar-refractivity contribution < 1.29 is 22.7 Å². The Balaban J connectivity index is 1.35. The molecule has 1 aliphatic rings. The number of rotatable bonds is 6. The second kappa shape index (κ2) is 8.70. The third-order valence-electron chi connectivity index (χ3n) is 5.73. The maximum absolute atomic E-state index is 13.0. The van der Waals surface area contributed by atoms with E-state index in [1.165, 1.54) is 30.0 Å². The van der Waals surface area contributed by atoms with Gasteiger partial charge in [-0.15, -0.1) is 13.2 Å². The minimum absolute atomic E-state index is 0.0703. The Bertz CT molecular complexity index is 1320. The molecule has 0 radical (unpaired) electrons. The van der Waals surface area contributed by atoms with Crippen LogP contribution in [-0.2, 0) is 0 Å². The van der Waals surface area contributed by atoms with E-state index >= 15 is 0 Å². The summed E-state index contributed by atoms with van der Waals surface area (Å²) in [6.45, 7) is 0. The molecule has 5 nitrogen and oxygen atoms in total. The van der Waals surface area contributed by atoms with Gasteiger partial charge in [-0.05, 0) is 47.4 Å². The number of alkyl halides is 3. The van der Waals surface area contributed by atoms with Gasteiger partial charge in [0.05, 0.1) is 12.5 Å². The molecule has 34 heavy (non-hydrogen) atoms. The number of nitrogens with one attached hydrogen (secondary N) is 1. The lowest BCUT2D eigenvalue weighted by atomic mass is 10.0. The largest absolute Gasteiger partial charge is 0.573 e. The van der Waals surface area contributed by atoms with Crippen molar-refractivity contribution >= 4 is 5.91 Å². The van der Waals surface area contributed by atoms with Crippen LogP contribution in [-0.4, -0.2) is 27.9 Å². The maximum atomic E-state index is 13.0. The van der Waals surface area contributed by atoms with Gasteiger partial charge in [0.1, 0.15) is 11.4 Å². The van der Waals surface area contributed by atoms with Crippen LogP contribution < -0.4 is 10.1 Å². The number of hydrogen-bond donors (Lipinski definition) is 1. The summed E-state index contributed by atoms with van der Waals surface area (Å²) in [6.07, 6.45) is -0.838. The molecule has 1 N–H and O–H groups in total. The van der Waals surface area contributed by atoms with E-state index in [1.807, 2.05) is 24.3 Å². The van der Waals surface area contributed by atoms with E-state index < -0.39 is 6.36 Å². The van der Waals surface area contributed by atoms with E-state index in [-0.39, 0.29) is 17.7 Å². The van der Waals surface area contributed by atoms with Gasteiger partial charge in [-0.3, -0.25) is 9.36 Å². The normalized spacial score (nSPS) is 17.3. The van der Waals surface area contributed by atoms with Gasteiger partial charge >= 0.3 is 6.36 Å². The highest BCUT2D eigenvalue weighted by atomic mass is 19.4. The predicted octanol–water partition coefficient (Wildman–Crippen LogP) is 5.72. The molecule has 172 valence electrons. The Labute approximate surface area is 193 Å². The average molecular weight is 463 g/mol. The number of nitrogens with zero attached hydrogens (tertiary/aromatic N) is 2. The number of carbonyl (C=O) groups excluding carboxylic acids is 1. The number of ether oxygens (including phenoxy) is 1. The molecule has 1 fully saturated rings. The van der Waals surface area contributed by atoms with Gasteiger partial charge in [0.2, 0.25) is 0 Å². The van der Waals surface area contributed by atoms with Crippen molar-refractivity contribution in [2.24, 2.45) is 0 Å². The van der Waals surface area contributed by atoms with E-state index in [2.05, 4.69) is 27.2 Å². The first kappa shape index (κ1) is 21.8. The van der Waals surface area contributed by atoms with Crippen LogP contribution in [0.5, 0.6) is 5.75 Å². The fourth-order valence-electron chi connectivity index (χ4n) is 4.04. The molecule has 8 heteroatoms. The van der Waals surface area contributed by atoms with Crippen LogP contribution >= 0.6 is 0 Å². The molecule has 2 atom stereocenters. The van der Waals surface area contributed by atoms with E-state index in [9.17, 15) is 18.0 Å². The summed E-state index contributed by atoms with van der Waals surface area (Å²) in [5.74, 6) is -0.224. The van der Waals surface area contributed by atoms with Crippen LogP contribution in [0.3, 0.4) is 0 Å². The van der Waals surface area contributed by atoms with Crippen molar-refractivity contribution in [3.63, 3.8) is 0 Å². The highest BCUT2D eigenvalue weighted by molar-refractivity contribution is 5.93. The van der Waals surface area contributed by atoms with Gasteiger partial charge in [0.15, 0.2) is 0 Å². The zero-order valence-electron chi connectivity index (χ0n) is 17.9. The summed E-state index contributed by atoms with van der Waals surface area (Å²) in [4.78, 5) is 17.1. The molecule has 0 bridgehead atoms. The number of carbonyl (C=O) groups is 1. The zero-order valence-corrected chi connectivity index (χ0v) is 17.9. The van der Waals surface area contributed by atoms with Crippen LogP contribution in [0.2, 0.25) is 0 Å². The standard InChI is InChI=1S/C26H20F3N3O2/c27-26(28,29)34-21-11-5-9-19(13-21)18-8-4-10-20(12-18)32-16-30-15-24(32)25(33)31-23-14-22(23)17-6-2-1-3-7-17/h1-13,15-16,22-23H,14H2,(H,31,33)/t22-,23-/m1/s1. The molecule has 3 aromatic carbocycles. The molecule has 5 rings (SSSR count). The number of imidazole rings is 1. The first-order valence-electron chi connectivity index (χ1n) is 10.7. The smallest absolute Gasteiger partial charge is 0.406 e. The Hall–Kier alpha value is -4.07. The molecular weight excluding hydrogens is 443 g/mol. The van der Waals surface area contributed by atoms with E-state index in [0.29, 0.717) is 28.4 Å². The minimum Gasteiger partial charge on any atom is -0.406 e. The van der Waals surface area contributed by atoms with E-state index in [1.54, 1.807) is 35.2 Å². The SMILES string of the molecule is O=C(N[C@@H]1C[C@@H]1c1ccccc1)c1cncn1-c1cccc(-c2cccc(OC(F)(F)F)c2)c1. The fraction of sp³-hybridized carbons (Fsp3) is 0.154. The summed E-state index contributed by atoms with van der Waals surface area (Å²) in [6, 6.07) is 23.0. The lowest BCUT2D eigenvalue weighted by Crippen LogP contribution is -2.28. The fourth-order valence-corrected chi connectivity index (χ4v) is 4.04. The second-order valence-electron chi connectivity index (χ2n) is 8.11. The first-order valence-corrected chi connectivity index (χ1v) is 10.7. The number of aromatic nitrogens is 2. The Morgan fingerprint density at radius 1 is 0.971 bits per heavy atom. The van der Waals surface area contributed by atoms with Gasteiger partial charge in [-0.1, -0.05) is 54.6 Å². The van der Waals surface area contributed by atoms with Gasteiger partial charge in [-0.2, -0.15) is 0 Å². The van der Waals surface area contributed by atoms with Gasteiger partial charge in [0, 0.05) is 17.6 Å². The van der Waals surface area contributed by atoms with Crippen molar-refractivity contribution in [1.82, 2.24) is 14.9 Å². The molecule has 1 aromatic heterocycles. The van der Waals surface area contributed by atoms with E-state index in [4.69, 9.17) is 0 Å². The summed E-state index contributed by atoms with van der Waals surface area (Å²) >= 11 is 0. The van der Waals surface area contributed by atoms with Crippen LogP contribution in [0, 0.1) is 0 Å². The van der Waals surface area contributed by atoms with Crippen molar-refractivity contribution in [3.05, 3.63) is 103 Å². The molecule has 0 aliphatic heterocycles. The monoisotopic (exact) mass is 463 g/mol. The number of hydrogen-bond acceptors (Lipinski definition) is 3. The van der Waals surface area contributed by atoms with Crippen LogP contribution in [0.1, 0.15) is 28.4 Å². The molecule has 0 spiro atoms. The molecule has 1 aliphatic carbocycles. The summed E-state index contributed by atoms with van der Waals surface area (Å²) in [7, 11) is 0. The summed E-state index contributed by atoms with van der Waals surface area (Å²) < 4.78 is 43.5. The molecule has 4 aromatic rings. The van der Waals surface area contributed by atoms with Crippen LogP contribution in [0.15, 0.2) is 91.4 Å². The van der Waals surface area contributed by atoms with Gasteiger partial charge in [-0.25, -0.2) is 4.98 Å². The summed E-state index contributed by atoms with van der Waals surface area (Å²) in [5.41, 5.74) is 3.48. The molecule has 1 amide bonds. The molecule has 0 saturated heterocycles. The number of amides is 1. The third-order valence-corrected chi connectivity index (χ3v) is 5.73. The quantitative estimate of drug-likeness (QED) is 0.398. The van der Waals surface area contributed by atoms with E-state index in [0.717, 1.165) is 6.42 Å². The molecule has 0 unspecified atom stereocenters. The Kier molecular flexibility index (Phi) is 5.57. The van der Waals surface area contributed by atoms with Crippen LogP contribution in [0.25, 0.3) is 16.8 Å². The lowest BCUT2D eigenvalue weighted by molar-refractivity contribution is -0.274. The first-order chi connectivity index (χ1) is 16.4. The molecular formula is C26H20F3N3O2. The van der Waals surface area contributed by atoms with Crippen LogP contribution in [0.4, 0.5) is 13.2 Å². The molecule has 1 saturated carbocycles. The van der Waals surface area contributed by atoms with Gasteiger partial charge < -0.3 is 10.1 Å². The van der Waals surface area contributed by atoms with Crippen molar-refractivity contribution in [3.8, 4) is 22.6 Å². The Morgan fingerprint density at radius 2 is 1.71 bits per heavy atom. The maximum Gasteiger partial charge on any atom is 0.573 e. The lowest BCUT2D eigenvalue weighted by Gasteiger charge is -2.12. The second-order valence-corrected chi connectivity index (χ2v) is 8.11. The van der Waals surface area contributed by atoms with Crippen molar-refractivity contribution in [2.45, 2.75) is 24.7 Å². The van der Waals surface area contributed by atoms with Gasteiger partial charge in [0.25, 0.3) is 5.91 Å². The number of benzene rings is 3. The minimum atomic E-state index is -4.76. The highest BCUT2D eigenvalue weighted by Gasteiger charge is 2.39. The Morgan fingerprint density at radius 3 is 2.47 bits per heavy atom.